The van der Waals surface area contributed by atoms with Gasteiger partial charge in [-0.05, 0) is 35.7 Å². The van der Waals surface area contributed by atoms with Gasteiger partial charge in [-0.3, -0.25) is 9.59 Å². The lowest BCUT2D eigenvalue weighted by atomic mass is 10.2. The summed E-state index contributed by atoms with van der Waals surface area (Å²) in [5.74, 6) is -0.0580. The van der Waals surface area contributed by atoms with E-state index >= 15 is 0 Å². The van der Waals surface area contributed by atoms with Gasteiger partial charge in [0.25, 0.3) is 11.5 Å². The predicted octanol–water partition coefficient (Wildman–Crippen LogP) is 2.49. The number of aromatic nitrogens is 2. The van der Waals surface area contributed by atoms with Crippen molar-refractivity contribution in [1.29, 1.82) is 0 Å². The number of aromatic amines is 1. The molecule has 1 amide bonds. The number of H-pyrrole nitrogens is 1. The standard InChI is InChI=1S/C18H20N4O4S3/c1-21(11-14-19-12-5-9-27-15(12)17(23)20-14)18(24)16-13(6-10-28-16)29(25,26)22-7-3-2-4-8-22/h5-6,9-10H,2-4,7-8,11H2,1H3,(H,19,20,23). The third-order valence-corrected chi connectivity index (χ3v) is 8.73. The van der Waals surface area contributed by atoms with Gasteiger partial charge in [-0.1, -0.05) is 6.42 Å². The van der Waals surface area contributed by atoms with Crippen LogP contribution in [0.4, 0.5) is 0 Å². The number of rotatable bonds is 5. The van der Waals surface area contributed by atoms with Crippen LogP contribution in [0.5, 0.6) is 0 Å². The highest BCUT2D eigenvalue weighted by molar-refractivity contribution is 7.89. The van der Waals surface area contributed by atoms with E-state index in [0.717, 1.165) is 30.6 Å². The third-order valence-electron chi connectivity index (χ3n) is 4.85. The van der Waals surface area contributed by atoms with Crippen molar-refractivity contribution in [3.05, 3.63) is 43.9 Å². The summed E-state index contributed by atoms with van der Waals surface area (Å²) in [4.78, 5) is 33.8. The molecular formula is C18H20N4O4S3. The number of carbonyl (C=O) groups excluding carboxylic acids is 1. The Morgan fingerprint density at radius 1 is 1.21 bits per heavy atom. The minimum atomic E-state index is -3.70. The minimum Gasteiger partial charge on any atom is -0.334 e. The maximum Gasteiger partial charge on any atom is 0.268 e. The molecule has 1 fully saturated rings. The molecule has 0 spiro atoms. The van der Waals surface area contributed by atoms with E-state index in [2.05, 4.69) is 9.97 Å². The minimum absolute atomic E-state index is 0.0518. The normalized spacial score (nSPS) is 15.6. The van der Waals surface area contributed by atoms with Gasteiger partial charge in [0, 0.05) is 20.1 Å². The van der Waals surface area contributed by atoms with E-state index in [0.29, 0.717) is 29.1 Å². The van der Waals surface area contributed by atoms with Crippen molar-refractivity contribution >= 4 is 48.8 Å². The number of fused-ring (bicyclic) bond motifs is 1. The van der Waals surface area contributed by atoms with E-state index < -0.39 is 15.9 Å². The average molecular weight is 453 g/mol. The van der Waals surface area contributed by atoms with Crippen LogP contribution in [-0.4, -0.2) is 53.6 Å². The van der Waals surface area contributed by atoms with Gasteiger partial charge in [0.05, 0.1) is 12.1 Å². The van der Waals surface area contributed by atoms with Crippen LogP contribution in [0.25, 0.3) is 10.2 Å². The molecule has 0 saturated carbocycles. The lowest BCUT2D eigenvalue weighted by Gasteiger charge is -2.26. The molecule has 3 aromatic heterocycles. The van der Waals surface area contributed by atoms with Crippen molar-refractivity contribution in [1.82, 2.24) is 19.2 Å². The van der Waals surface area contributed by atoms with Crippen molar-refractivity contribution in [2.24, 2.45) is 0 Å². The zero-order chi connectivity index (χ0) is 20.6. The molecule has 29 heavy (non-hydrogen) atoms. The van der Waals surface area contributed by atoms with Crippen LogP contribution in [0.2, 0.25) is 0 Å². The Bertz CT molecular complexity index is 1210. The predicted molar refractivity (Wildman–Crippen MR) is 113 cm³/mol. The summed E-state index contributed by atoms with van der Waals surface area (Å²) in [6, 6.07) is 3.25. The highest BCUT2D eigenvalue weighted by Gasteiger charge is 2.32. The summed E-state index contributed by atoms with van der Waals surface area (Å²) in [6.45, 7) is 1.03. The van der Waals surface area contributed by atoms with Crippen LogP contribution in [0.15, 0.2) is 32.6 Å². The number of hydrogen-bond acceptors (Lipinski definition) is 7. The molecule has 1 aliphatic heterocycles. The first-order valence-corrected chi connectivity index (χ1v) is 12.4. The highest BCUT2D eigenvalue weighted by atomic mass is 32.2. The Morgan fingerprint density at radius 2 is 1.93 bits per heavy atom. The number of amides is 1. The van der Waals surface area contributed by atoms with Gasteiger partial charge >= 0.3 is 0 Å². The number of nitrogens with one attached hydrogen (secondary N) is 1. The molecule has 8 nitrogen and oxygen atoms in total. The second kappa shape index (κ2) is 7.98. The second-order valence-electron chi connectivity index (χ2n) is 6.89. The number of nitrogens with zero attached hydrogens (tertiary/aromatic N) is 3. The lowest BCUT2D eigenvalue weighted by molar-refractivity contribution is 0.0782. The van der Waals surface area contributed by atoms with E-state index in [9.17, 15) is 18.0 Å². The number of sulfonamides is 1. The van der Waals surface area contributed by atoms with Crippen LogP contribution < -0.4 is 5.56 Å². The first kappa shape index (κ1) is 20.2. The Labute approximate surface area is 175 Å². The van der Waals surface area contributed by atoms with Crippen molar-refractivity contribution in [3.8, 4) is 0 Å². The Kier molecular flexibility index (Phi) is 5.56. The molecule has 1 N–H and O–H groups in total. The van der Waals surface area contributed by atoms with Crippen LogP contribution in [0.1, 0.15) is 34.8 Å². The summed E-state index contributed by atoms with van der Waals surface area (Å²) in [7, 11) is -2.14. The van der Waals surface area contributed by atoms with E-state index in [4.69, 9.17) is 0 Å². The summed E-state index contributed by atoms with van der Waals surface area (Å²) in [6.07, 6.45) is 2.68. The van der Waals surface area contributed by atoms with Crippen LogP contribution in [0, 0.1) is 0 Å². The summed E-state index contributed by atoms with van der Waals surface area (Å²) >= 11 is 2.41. The van der Waals surface area contributed by atoms with Gasteiger partial charge in [-0.2, -0.15) is 4.31 Å². The van der Waals surface area contributed by atoms with Crippen molar-refractivity contribution in [2.75, 3.05) is 20.1 Å². The molecule has 1 aliphatic rings. The molecule has 11 heteroatoms. The first-order valence-electron chi connectivity index (χ1n) is 9.17. The maximum absolute atomic E-state index is 13.0. The van der Waals surface area contributed by atoms with Crippen LogP contribution in [-0.2, 0) is 16.6 Å². The number of piperidine rings is 1. The fourth-order valence-corrected chi connectivity index (χ4v) is 7.00. The number of thiophene rings is 2. The molecular weight excluding hydrogens is 432 g/mol. The fourth-order valence-electron chi connectivity index (χ4n) is 3.37. The SMILES string of the molecule is CN(Cc1nc2ccsc2c(=O)[nH]1)C(=O)c1sccc1S(=O)(=O)N1CCCCC1. The van der Waals surface area contributed by atoms with Gasteiger partial charge in [0.1, 0.15) is 20.3 Å². The molecule has 0 unspecified atom stereocenters. The molecule has 1 saturated heterocycles. The molecule has 154 valence electrons. The summed E-state index contributed by atoms with van der Waals surface area (Å²) in [5.41, 5.74) is 0.337. The summed E-state index contributed by atoms with van der Waals surface area (Å²) < 4.78 is 28.0. The molecule has 0 atom stereocenters. The number of hydrogen-bond donors (Lipinski definition) is 1. The summed E-state index contributed by atoms with van der Waals surface area (Å²) in [5, 5.41) is 3.41. The van der Waals surface area contributed by atoms with Gasteiger partial charge in [0.2, 0.25) is 10.0 Å². The molecule has 0 bridgehead atoms. The largest absolute Gasteiger partial charge is 0.334 e. The Balaban J connectivity index is 1.58. The Hall–Kier alpha value is -2.08. The van der Waals surface area contributed by atoms with Gasteiger partial charge in [-0.25, -0.2) is 13.4 Å². The van der Waals surface area contributed by atoms with Crippen molar-refractivity contribution < 1.29 is 13.2 Å². The molecule has 0 aliphatic carbocycles. The van der Waals surface area contributed by atoms with E-state index in [1.165, 1.54) is 26.6 Å². The molecule has 4 heterocycles. The zero-order valence-corrected chi connectivity index (χ0v) is 18.2. The smallest absolute Gasteiger partial charge is 0.268 e. The lowest BCUT2D eigenvalue weighted by Crippen LogP contribution is -2.36. The quantitative estimate of drug-likeness (QED) is 0.641. The topological polar surface area (TPSA) is 103 Å². The second-order valence-corrected chi connectivity index (χ2v) is 10.6. The average Bonchev–Trinajstić information content (AvgIpc) is 3.38. The van der Waals surface area contributed by atoms with Crippen LogP contribution in [0.3, 0.4) is 0 Å². The van der Waals surface area contributed by atoms with Gasteiger partial charge in [0.15, 0.2) is 0 Å². The molecule has 3 aromatic rings. The van der Waals surface area contributed by atoms with E-state index in [1.54, 1.807) is 23.9 Å². The van der Waals surface area contributed by atoms with E-state index in [1.807, 2.05) is 0 Å². The van der Waals surface area contributed by atoms with Gasteiger partial charge in [-0.15, -0.1) is 22.7 Å². The molecule has 0 radical (unpaired) electrons. The fraction of sp³-hybridized carbons (Fsp3) is 0.389. The zero-order valence-electron chi connectivity index (χ0n) is 15.8. The number of carbonyl (C=O) groups is 1. The van der Waals surface area contributed by atoms with Crippen LogP contribution >= 0.6 is 22.7 Å². The van der Waals surface area contributed by atoms with Crippen molar-refractivity contribution in [3.63, 3.8) is 0 Å². The van der Waals surface area contributed by atoms with Crippen molar-refractivity contribution in [2.45, 2.75) is 30.7 Å². The Morgan fingerprint density at radius 3 is 2.69 bits per heavy atom. The molecule has 0 aromatic carbocycles. The van der Waals surface area contributed by atoms with Gasteiger partial charge < -0.3 is 9.88 Å². The monoisotopic (exact) mass is 452 g/mol. The molecule has 4 rings (SSSR count). The van der Waals surface area contributed by atoms with E-state index in [-0.39, 0.29) is 21.9 Å². The highest BCUT2D eigenvalue weighted by Crippen LogP contribution is 2.28. The first-order chi connectivity index (χ1) is 13.9. The maximum atomic E-state index is 13.0. The third kappa shape index (κ3) is 3.87.